The number of carboxylic acids is 1. The maximum absolute atomic E-state index is 11.7. The van der Waals surface area contributed by atoms with Crippen LogP contribution in [0.1, 0.15) is 33.1 Å². The highest BCUT2D eigenvalue weighted by molar-refractivity contribution is 5.82. The summed E-state index contributed by atoms with van der Waals surface area (Å²) >= 11 is 0. The number of nitrogens with one attached hydrogen (secondary N) is 2. The summed E-state index contributed by atoms with van der Waals surface area (Å²) in [4.78, 5) is 24.9. The van der Waals surface area contributed by atoms with Gasteiger partial charge in [0.25, 0.3) is 0 Å². The number of rotatable bonds is 5. The van der Waals surface area contributed by atoms with Crippen LogP contribution in [-0.2, 0) is 4.79 Å². The van der Waals surface area contributed by atoms with Gasteiger partial charge in [-0.05, 0) is 32.4 Å². The molecular weight excluding hydrogens is 246 g/mol. The number of carboxylic acid groups (broad SMARTS) is 1. The van der Waals surface area contributed by atoms with E-state index in [0.717, 1.165) is 13.0 Å². The summed E-state index contributed by atoms with van der Waals surface area (Å²) in [6.07, 6.45) is 3.46. The van der Waals surface area contributed by atoms with Gasteiger partial charge < -0.3 is 20.6 Å². The third kappa shape index (κ3) is 5.06. The van der Waals surface area contributed by atoms with Crippen molar-refractivity contribution in [2.75, 3.05) is 20.1 Å². The van der Waals surface area contributed by atoms with Gasteiger partial charge >= 0.3 is 12.0 Å². The molecule has 0 saturated carbocycles. The fraction of sp³-hybridized carbons (Fsp3) is 0.846. The lowest BCUT2D eigenvalue weighted by atomic mass is 10.0. The van der Waals surface area contributed by atoms with E-state index in [4.69, 9.17) is 5.11 Å². The van der Waals surface area contributed by atoms with Gasteiger partial charge in [-0.3, -0.25) is 0 Å². The molecule has 1 aliphatic heterocycles. The summed E-state index contributed by atoms with van der Waals surface area (Å²) in [5.74, 6) is -1.14. The number of likely N-dealkylation sites (N-methyl/N-ethyl adjacent to an activating group) is 1. The van der Waals surface area contributed by atoms with E-state index in [1.165, 1.54) is 12.8 Å². The van der Waals surface area contributed by atoms with Gasteiger partial charge in [-0.15, -0.1) is 0 Å². The molecule has 0 radical (unpaired) electrons. The van der Waals surface area contributed by atoms with Gasteiger partial charge in [0.05, 0.1) is 0 Å². The molecule has 0 bridgehead atoms. The second-order valence-corrected chi connectivity index (χ2v) is 5.54. The highest BCUT2D eigenvalue weighted by Crippen LogP contribution is 2.13. The Labute approximate surface area is 114 Å². The van der Waals surface area contributed by atoms with E-state index in [1.54, 1.807) is 13.8 Å². The molecule has 1 aliphatic rings. The first-order valence-corrected chi connectivity index (χ1v) is 6.89. The lowest BCUT2D eigenvalue weighted by Gasteiger charge is -2.32. The van der Waals surface area contributed by atoms with Crippen LogP contribution in [0.15, 0.2) is 0 Å². The van der Waals surface area contributed by atoms with Crippen LogP contribution in [0.3, 0.4) is 0 Å². The Morgan fingerprint density at radius 2 is 2.05 bits per heavy atom. The first-order chi connectivity index (χ1) is 8.91. The minimum Gasteiger partial charge on any atom is -0.480 e. The van der Waals surface area contributed by atoms with Crippen LogP contribution in [0, 0.1) is 5.92 Å². The molecule has 0 spiro atoms. The van der Waals surface area contributed by atoms with Gasteiger partial charge in [-0.25, -0.2) is 9.59 Å². The Morgan fingerprint density at radius 3 is 2.58 bits per heavy atom. The van der Waals surface area contributed by atoms with Crippen LogP contribution >= 0.6 is 0 Å². The highest BCUT2D eigenvalue weighted by Gasteiger charge is 2.24. The van der Waals surface area contributed by atoms with Crippen molar-refractivity contribution in [3.8, 4) is 0 Å². The maximum Gasteiger partial charge on any atom is 0.326 e. The van der Waals surface area contributed by atoms with Crippen LogP contribution in [0.5, 0.6) is 0 Å². The first kappa shape index (κ1) is 15.8. The van der Waals surface area contributed by atoms with Crippen LogP contribution < -0.4 is 10.6 Å². The molecule has 6 nitrogen and oxygen atoms in total. The van der Waals surface area contributed by atoms with Gasteiger partial charge in [-0.1, -0.05) is 20.3 Å². The van der Waals surface area contributed by atoms with Gasteiger partial charge in [0.15, 0.2) is 0 Å². The maximum atomic E-state index is 11.7. The average molecular weight is 271 g/mol. The number of carbonyl (C=O) groups excluding carboxylic acids is 1. The number of carbonyl (C=O) groups is 2. The summed E-state index contributed by atoms with van der Waals surface area (Å²) in [5.41, 5.74) is 0. The van der Waals surface area contributed by atoms with E-state index < -0.39 is 18.0 Å². The highest BCUT2D eigenvalue weighted by atomic mass is 16.4. The van der Waals surface area contributed by atoms with E-state index >= 15 is 0 Å². The molecule has 19 heavy (non-hydrogen) atoms. The number of nitrogens with zero attached hydrogens (tertiary/aromatic N) is 1. The number of amides is 2. The Balaban J connectivity index is 2.36. The average Bonchev–Trinajstić information content (AvgIpc) is 2.34. The number of aliphatic carboxylic acids is 1. The zero-order valence-electron chi connectivity index (χ0n) is 12.0. The van der Waals surface area contributed by atoms with E-state index in [0.29, 0.717) is 12.6 Å². The minimum atomic E-state index is -1.00. The standard InChI is InChI=1S/C13H25N3O3/c1-9(2)11(12(17)18)15-13(19)14-8-10-6-4-5-7-16(10)3/h9-11H,4-8H2,1-3H3,(H,17,18)(H2,14,15,19)/t10?,11-/m1/s1. The molecule has 1 fully saturated rings. The molecule has 0 aliphatic carbocycles. The molecule has 2 atom stereocenters. The Hall–Kier alpha value is -1.30. The van der Waals surface area contributed by atoms with E-state index in [9.17, 15) is 9.59 Å². The summed E-state index contributed by atoms with van der Waals surface area (Å²) in [6, 6.07) is -0.897. The summed E-state index contributed by atoms with van der Waals surface area (Å²) in [6.45, 7) is 5.16. The van der Waals surface area contributed by atoms with E-state index in [-0.39, 0.29) is 5.92 Å². The number of piperidine rings is 1. The normalized spacial score (nSPS) is 22.0. The first-order valence-electron chi connectivity index (χ1n) is 6.89. The van der Waals surface area contributed by atoms with Crippen molar-refractivity contribution < 1.29 is 14.7 Å². The van der Waals surface area contributed by atoms with Crippen molar-refractivity contribution in [2.45, 2.75) is 45.2 Å². The summed E-state index contributed by atoms with van der Waals surface area (Å²) < 4.78 is 0. The van der Waals surface area contributed by atoms with Gasteiger partial charge in [-0.2, -0.15) is 0 Å². The molecule has 1 rings (SSSR count). The predicted octanol–water partition coefficient (Wildman–Crippen LogP) is 0.879. The molecule has 1 saturated heterocycles. The predicted molar refractivity (Wildman–Crippen MR) is 73.1 cm³/mol. The Bertz CT molecular complexity index is 320. The number of hydrogen-bond acceptors (Lipinski definition) is 3. The lowest BCUT2D eigenvalue weighted by Crippen LogP contribution is -2.52. The molecule has 1 heterocycles. The molecule has 0 aromatic rings. The summed E-state index contributed by atoms with van der Waals surface area (Å²) in [7, 11) is 2.05. The number of urea groups is 1. The van der Waals surface area contributed by atoms with Crippen molar-refractivity contribution >= 4 is 12.0 Å². The molecule has 0 aromatic heterocycles. The minimum absolute atomic E-state index is 0.138. The van der Waals surface area contributed by atoms with E-state index in [2.05, 4.69) is 22.6 Å². The van der Waals surface area contributed by atoms with Crippen molar-refractivity contribution in [1.29, 1.82) is 0 Å². The van der Waals surface area contributed by atoms with Crippen LogP contribution in [-0.4, -0.2) is 54.2 Å². The van der Waals surface area contributed by atoms with Crippen LogP contribution in [0.25, 0.3) is 0 Å². The molecule has 0 aromatic carbocycles. The largest absolute Gasteiger partial charge is 0.480 e. The molecule has 1 unspecified atom stereocenters. The van der Waals surface area contributed by atoms with Crippen molar-refractivity contribution in [3.63, 3.8) is 0 Å². The monoisotopic (exact) mass is 271 g/mol. The van der Waals surface area contributed by atoms with Crippen LogP contribution in [0.4, 0.5) is 4.79 Å². The fourth-order valence-electron chi connectivity index (χ4n) is 2.32. The number of likely N-dealkylation sites (tertiary alicyclic amines) is 1. The van der Waals surface area contributed by atoms with Crippen molar-refractivity contribution in [1.82, 2.24) is 15.5 Å². The zero-order chi connectivity index (χ0) is 14.4. The van der Waals surface area contributed by atoms with Gasteiger partial charge in [0.2, 0.25) is 0 Å². The third-order valence-electron chi connectivity index (χ3n) is 3.64. The molecule has 2 amide bonds. The molecule has 110 valence electrons. The second kappa shape index (κ2) is 7.33. The molecule has 3 N–H and O–H groups in total. The Kier molecular flexibility index (Phi) is 6.08. The van der Waals surface area contributed by atoms with Crippen LogP contribution in [0.2, 0.25) is 0 Å². The third-order valence-corrected chi connectivity index (χ3v) is 3.64. The topological polar surface area (TPSA) is 81.7 Å². The zero-order valence-corrected chi connectivity index (χ0v) is 12.0. The smallest absolute Gasteiger partial charge is 0.326 e. The Morgan fingerprint density at radius 1 is 1.37 bits per heavy atom. The molecular formula is C13H25N3O3. The summed E-state index contributed by atoms with van der Waals surface area (Å²) in [5, 5.41) is 14.3. The van der Waals surface area contributed by atoms with Crippen molar-refractivity contribution in [2.24, 2.45) is 5.92 Å². The second-order valence-electron chi connectivity index (χ2n) is 5.54. The van der Waals surface area contributed by atoms with Gasteiger partial charge in [0.1, 0.15) is 6.04 Å². The van der Waals surface area contributed by atoms with Crippen molar-refractivity contribution in [3.05, 3.63) is 0 Å². The van der Waals surface area contributed by atoms with E-state index in [1.807, 2.05) is 0 Å². The number of hydrogen-bond donors (Lipinski definition) is 3. The van der Waals surface area contributed by atoms with Gasteiger partial charge in [0, 0.05) is 12.6 Å². The molecule has 6 heteroatoms. The fourth-order valence-corrected chi connectivity index (χ4v) is 2.32. The lowest BCUT2D eigenvalue weighted by molar-refractivity contribution is -0.140. The quantitative estimate of drug-likeness (QED) is 0.693. The SMILES string of the molecule is CC(C)[C@@H](NC(=O)NCC1CCCCN1C)C(=O)O.